The predicted octanol–water partition coefficient (Wildman–Crippen LogP) is 0.627. The van der Waals surface area contributed by atoms with Crippen molar-refractivity contribution in [1.29, 1.82) is 0 Å². The quantitative estimate of drug-likeness (QED) is 0.729. The number of aromatic hydroxyl groups is 1. The number of ether oxygens (including phenoxy) is 1. The molecule has 1 aromatic carbocycles. The maximum Gasteiger partial charge on any atom is 0.251 e. The number of hydrogen-bond acceptors (Lipinski definition) is 4. The molecule has 1 amide bonds. The highest BCUT2D eigenvalue weighted by Gasteiger charge is 2.51. The third kappa shape index (κ3) is 2.19. The fourth-order valence-electron chi connectivity index (χ4n) is 3.01. The molecule has 0 radical (unpaired) electrons. The minimum Gasteiger partial charge on any atom is -0.508 e. The van der Waals surface area contributed by atoms with E-state index in [9.17, 15) is 9.90 Å². The van der Waals surface area contributed by atoms with E-state index < -0.39 is 0 Å². The highest BCUT2D eigenvalue weighted by Crippen LogP contribution is 2.37. The topological polar surface area (TPSA) is 84.6 Å². The van der Waals surface area contributed by atoms with E-state index in [-0.39, 0.29) is 29.8 Å². The third-order valence-electron chi connectivity index (χ3n) is 4.08. The smallest absolute Gasteiger partial charge is 0.251 e. The molecule has 102 valence electrons. The van der Waals surface area contributed by atoms with Crippen molar-refractivity contribution < 1.29 is 14.6 Å². The molecule has 4 atom stereocenters. The molecule has 1 heterocycles. The lowest BCUT2D eigenvalue weighted by molar-refractivity contribution is -0.117. The van der Waals surface area contributed by atoms with Crippen LogP contribution in [0.3, 0.4) is 0 Å². The molecule has 1 saturated heterocycles. The summed E-state index contributed by atoms with van der Waals surface area (Å²) in [6.45, 7) is 0.742. The van der Waals surface area contributed by atoms with Crippen LogP contribution in [0, 0.1) is 5.92 Å². The first-order valence-electron chi connectivity index (χ1n) is 6.64. The van der Waals surface area contributed by atoms with Gasteiger partial charge in [0.15, 0.2) is 0 Å². The van der Waals surface area contributed by atoms with Crippen LogP contribution in [0.4, 0.5) is 0 Å². The summed E-state index contributed by atoms with van der Waals surface area (Å²) in [7, 11) is 0. The molecule has 3 rings (SSSR count). The van der Waals surface area contributed by atoms with Crippen LogP contribution in [0.25, 0.3) is 0 Å². The van der Waals surface area contributed by atoms with E-state index in [0.29, 0.717) is 11.5 Å². The van der Waals surface area contributed by atoms with E-state index in [2.05, 4.69) is 5.32 Å². The molecule has 1 saturated carbocycles. The first kappa shape index (κ1) is 12.4. The van der Waals surface area contributed by atoms with E-state index in [0.717, 1.165) is 19.4 Å². The summed E-state index contributed by atoms with van der Waals surface area (Å²) in [5.74, 6) is 0.226. The summed E-state index contributed by atoms with van der Waals surface area (Å²) in [4.78, 5) is 12.1. The van der Waals surface area contributed by atoms with Gasteiger partial charge in [-0.1, -0.05) is 6.07 Å². The molecule has 5 heteroatoms. The predicted molar refractivity (Wildman–Crippen MR) is 69.8 cm³/mol. The first-order valence-corrected chi connectivity index (χ1v) is 6.64. The lowest BCUT2D eigenvalue weighted by Crippen LogP contribution is -2.72. The Balaban J connectivity index is 1.67. The minimum atomic E-state index is -0.219. The van der Waals surface area contributed by atoms with Crippen LogP contribution in [0.15, 0.2) is 24.3 Å². The van der Waals surface area contributed by atoms with Gasteiger partial charge in [0.1, 0.15) is 5.75 Å². The van der Waals surface area contributed by atoms with Gasteiger partial charge in [0.2, 0.25) is 0 Å². The van der Waals surface area contributed by atoms with Crippen LogP contribution in [-0.2, 0) is 4.74 Å². The van der Waals surface area contributed by atoms with Gasteiger partial charge >= 0.3 is 0 Å². The fourth-order valence-corrected chi connectivity index (χ4v) is 3.01. The SMILES string of the molecule is NC1C2CCCOC2C1NC(=O)c1cccc(O)c1. The first-order chi connectivity index (χ1) is 9.16. The molecule has 0 aromatic heterocycles. The van der Waals surface area contributed by atoms with Crippen molar-refractivity contribution >= 4 is 5.91 Å². The van der Waals surface area contributed by atoms with Crippen LogP contribution >= 0.6 is 0 Å². The summed E-state index contributed by atoms with van der Waals surface area (Å²) in [5.41, 5.74) is 6.53. The zero-order valence-electron chi connectivity index (χ0n) is 10.6. The number of hydrogen-bond donors (Lipinski definition) is 3. The molecular formula is C14H18N2O3. The minimum absolute atomic E-state index is 0.0356. The average Bonchev–Trinajstić information content (AvgIpc) is 2.44. The van der Waals surface area contributed by atoms with Gasteiger partial charge in [-0.15, -0.1) is 0 Å². The number of nitrogens with one attached hydrogen (secondary N) is 1. The number of amides is 1. The normalized spacial score (nSPS) is 33.1. The van der Waals surface area contributed by atoms with Crippen LogP contribution in [0.5, 0.6) is 5.75 Å². The molecule has 1 aromatic rings. The molecule has 4 unspecified atom stereocenters. The van der Waals surface area contributed by atoms with Crippen LogP contribution in [0.2, 0.25) is 0 Å². The third-order valence-corrected chi connectivity index (χ3v) is 4.08. The van der Waals surface area contributed by atoms with Crippen LogP contribution in [0.1, 0.15) is 23.2 Å². The Hall–Kier alpha value is -1.59. The number of carbonyl (C=O) groups excluding carboxylic acids is 1. The fraction of sp³-hybridized carbons (Fsp3) is 0.500. The van der Waals surface area contributed by atoms with Gasteiger partial charge in [0.05, 0.1) is 12.1 Å². The van der Waals surface area contributed by atoms with Crippen molar-refractivity contribution in [3.05, 3.63) is 29.8 Å². The van der Waals surface area contributed by atoms with E-state index in [4.69, 9.17) is 10.5 Å². The second kappa shape index (κ2) is 4.83. The highest BCUT2D eigenvalue weighted by atomic mass is 16.5. The molecule has 2 fully saturated rings. The van der Waals surface area contributed by atoms with Gasteiger partial charge in [-0.05, 0) is 31.0 Å². The molecule has 19 heavy (non-hydrogen) atoms. The monoisotopic (exact) mass is 262 g/mol. The Bertz CT molecular complexity index is 491. The van der Waals surface area contributed by atoms with Crippen LogP contribution in [-0.4, -0.2) is 35.8 Å². The summed E-state index contributed by atoms with van der Waals surface area (Å²) >= 11 is 0. The zero-order valence-corrected chi connectivity index (χ0v) is 10.6. The molecule has 5 nitrogen and oxygen atoms in total. The molecule has 2 aliphatic rings. The Morgan fingerprint density at radius 2 is 2.32 bits per heavy atom. The van der Waals surface area contributed by atoms with E-state index in [1.54, 1.807) is 12.1 Å². The largest absolute Gasteiger partial charge is 0.508 e. The van der Waals surface area contributed by atoms with Gasteiger partial charge in [-0.2, -0.15) is 0 Å². The number of benzene rings is 1. The second-order valence-corrected chi connectivity index (χ2v) is 5.27. The molecule has 4 N–H and O–H groups in total. The number of phenolic OH excluding ortho intramolecular Hbond substituents is 1. The standard InChI is InChI=1S/C14H18N2O3/c15-11-10-5-2-6-19-13(10)12(11)16-14(18)8-3-1-4-9(17)7-8/h1,3-4,7,10-13,17H,2,5-6,15H2,(H,16,18). The van der Waals surface area contributed by atoms with Gasteiger partial charge in [0, 0.05) is 24.1 Å². The maximum atomic E-state index is 12.1. The van der Waals surface area contributed by atoms with Crippen molar-refractivity contribution in [3.8, 4) is 5.75 Å². The number of phenols is 1. The summed E-state index contributed by atoms with van der Waals surface area (Å²) in [6, 6.07) is 6.13. The molecule has 1 aliphatic heterocycles. The van der Waals surface area contributed by atoms with Crippen molar-refractivity contribution in [2.45, 2.75) is 31.0 Å². The number of carbonyl (C=O) groups is 1. The Morgan fingerprint density at radius 3 is 3.11 bits per heavy atom. The van der Waals surface area contributed by atoms with Crippen molar-refractivity contribution in [2.24, 2.45) is 11.7 Å². The van der Waals surface area contributed by atoms with E-state index in [1.165, 1.54) is 12.1 Å². The van der Waals surface area contributed by atoms with Gasteiger partial charge < -0.3 is 20.9 Å². The molecule has 0 spiro atoms. The van der Waals surface area contributed by atoms with Crippen molar-refractivity contribution in [2.75, 3.05) is 6.61 Å². The second-order valence-electron chi connectivity index (χ2n) is 5.27. The highest BCUT2D eigenvalue weighted by molar-refractivity contribution is 5.94. The average molecular weight is 262 g/mol. The van der Waals surface area contributed by atoms with Crippen LogP contribution < -0.4 is 11.1 Å². The number of nitrogens with two attached hydrogens (primary N) is 1. The molecular weight excluding hydrogens is 244 g/mol. The lowest BCUT2D eigenvalue weighted by atomic mass is 9.68. The zero-order chi connectivity index (χ0) is 13.4. The Morgan fingerprint density at radius 1 is 1.47 bits per heavy atom. The maximum absolute atomic E-state index is 12.1. The van der Waals surface area contributed by atoms with Gasteiger partial charge in [0.25, 0.3) is 5.91 Å². The Kier molecular flexibility index (Phi) is 3.16. The molecule has 1 aliphatic carbocycles. The summed E-state index contributed by atoms with van der Waals surface area (Å²) < 4.78 is 5.68. The molecule has 0 bridgehead atoms. The van der Waals surface area contributed by atoms with Crippen molar-refractivity contribution in [1.82, 2.24) is 5.32 Å². The van der Waals surface area contributed by atoms with E-state index >= 15 is 0 Å². The van der Waals surface area contributed by atoms with E-state index in [1.807, 2.05) is 0 Å². The van der Waals surface area contributed by atoms with Crippen molar-refractivity contribution in [3.63, 3.8) is 0 Å². The summed E-state index contributed by atoms with van der Waals surface area (Å²) in [5, 5.41) is 12.3. The number of rotatable bonds is 2. The lowest BCUT2D eigenvalue weighted by Gasteiger charge is -2.52. The van der Waals surface area contributed by atoms with Gasteiger partial charge in [-0.25, -0.2) is 0 Å². The summed E-state index contributed by atoms with van der Waals surface area (Å²) in [6.07, 6.45) is 2.16. The Labute approximate surface area is 111 Å². The van der Waals surface area contributed by atoms with Gasteiger partial charge in [-0.3, -0.25) is 4.79 Å². The number of fused-ring (bicyclic) bond motifs is 1.